The van der Waals surface area contributed by atoms with Crippen molar-refractivity contribution < 1.29 is 24.1 Å². The van der Waals surface area contributed by atoms with Gasteiger partial charge in [0.2, 0.25) is 5.88 Å². The number of aliphatic carboxylic acids is 1. The molecule has 0 unspecified atom stereocenters. The molecule has 0 spiro atoms. The van der Waals surface area contributed by atoms with Gasteiger partial charge in [-0.3, -0.25) is 0 Å². The number of nitrogens with zero attached hydrogens (tertiary/aromatic N) is 1. The fourth-order valence-corrected chi connectivity index (χ4v) is 2.03. The van der Waals surface area contributed by atoms with E-state index in [1.807, 2.05) is 6.92 Å². The normalized spacial score (nSPS) is 10.8. The third-order valence-electron chi connectivity index (χ3n) is 3.20. The standard InChI is InChI=1S/C18H20N2O5/c1-12-9-14(19)11-20-18(12)25-16-10-15(24-8-7-23-2)5-3-13(16)4-6-17(21)22/h3-6,9-11H,7-8,19H2,1-2H3,(H,21,22). The van der Waals surface area contributed by atoms with Crippen LogP contribution in [-0.4, -0.2) is 36.4 Å². The van der Waals surface area contributed by atoms with Crippen LogP contribution < -0.4 is 15.2 Å². The van der Waals surface area contributed by atoms with Crippen LogP contribution in [0.25, 0.3) is 6.08 Å². The second kappa shape index (κ2) is 8.70. The highest BCUT2D eigenvalue weighted by Crippen LogP contribution is 2.31. The van der Waals surface area contributed by atoms with Gasteiger partial charge in [-0.1, -0.05) is 0 Å². The second-order valence-corrected chi connectivity index (χ2v) is 5.21. The summed E-state index contributed by atoms with van der Waals surface area (Å²) in [6.45, 7) is 2.67. The van der Waals surface area contributed by atoms with E-state index in [9.17, 15) is 4.79 Å². The molecule has 0 bridgehead atoms. The molecule has 0 amide bonds. The molecular formula is C18H20N2O5. The Morgan fingerprint density at radius 1 is 1.32 bits per heavy atom. The Bertz CT molecular complexity index is 774. The molecule has 2 rings (SSSR count). The van der Waals surface area contributed by atoms with Crippen molar-refractivity contribution in [2.45, 2.75) is 6.92 Å². The van der Waals surface area contributed by atoms with E-state index in [4.69, 9.17) is 25.1 Å². The van der Waals surface area contributed by atoms with E-state index in [0.717, 1.165) is 11.6 Å². The second-order valence-electron chi connectivity index (χ2n) is 5.21. The van der Waals surface area contributed by atoms with Gasteiger partial charge < -0.3 is 25.1 Å². The van der Waals surface area contributed by atoms with E-state index in [1.165, 1.54) is 12.3 Å². The van der Waals surface area contributed by atoms with Crippen molar-refractivity contribution in [2.24, 2.45) is 0 Å². The SMILES string of the molecule is COCCOc1ccc(C=CC(=O)O)c(Oc2ncc(N)cc2C)c1. The molecule has 1 aromatic heterocycles. The third-order valence-corrected chi connectivity index (χ3v) is 3.20. The lowest BCUT2D eigenvalue weighted by molar-refractivity contribution is -0.131. The number of carboxylic acid groups (broad SMARTS) is 1. The highest BCUT2D eigenvalue weighted by molar-refractivity contribution is 5.86. The highest BCUT2D eigenvalue weighted by Gasteiger charge is 2.09. The van der Waals surface area contributed by atoms with Crippen LogP contribution in [0.4, 0.5) is 5.69 Å². The number of benzene rings is 1. The first-order chi connectivity index (χ1) is 12.0. The Kier molecular flexibility index (Phi) is 6.36. The summed E-state index contributed by atoms with van der Waals surface area (Å²) in [7, 11) is 1.59. The number of aryl methyl sites for hydroxylation is 1. The molecular weight excluding hydrogens is 324 g/mol. The molecule has 0 aliphatic heterocycles. The maximum atomic E-state index is 10.8. The molecule has 0 aliphatic rings. The average molecular weight is 344 g/mol. The van der Waals surface area contributed by atoms with E-state index < -0.39 is 5.97 Å². The lowest BCUT2D eigenvalue weighted by Gasteiger charge is -2.13. The zero-order chi connectivity index (χ0) is 18.2. The van der Waals surface area contributed by atoms with Gasteiger partial charge in [-0.2, -0.15) is 0 Å². The van der Waals surface area contributed by atoms with Crippen molar-refractivity contribution in [2.75, 3.05) is 26.1 Å². The Balaban J connectivity index is 2.32. The minimum atomic E-state index is -1.05. The van der Waals surface area contributed by atoms with E-state index >= 15 is 0 Å². The topological polar surface area (TPSA) is 104 Å². The molecule has 0 saturated carbocycles. The third kappa shape index (κ3) is 5.50. The van der Waals surface area contributed by atoms with Crippen molar-refractivity contribution >= 4 is 17.7 Å². The van der Waals surface area contributed by atoms with Crippen molar-refractivity contribution in [3.8, 4) is 17.4 Å². The number of hydrogen-bond donors (Lipinski definition) is 2. The minimum absolute atomic E-state index is 0.383. The largest absolute Gasteiger partial charge is 0.491 e. The molecule has 7 heteroatoms. The van der Waals surface area contributed by atoms with Gasteiger partial charge in [0.15, 0.2) is 0 Å². The molecule has 0 radical (unpaired) electrons. The minimum Gasteiger partial charge on any atom is -0.491 e. The van der Waals surface area contributed by atoms with Gasteiger partial charge in [-0.25, -0.2) is 9.78 Å². The molecule has 132 valence electrons. The Morgan fingerprint density at radius 3 is 2.80 bits per heavy atom. The first-order valence-corrected chi connectivity index (χ1v) is 7.56. The number of pyridine rings is 1. The predicted molar refractivity (Wildman–Crippen MR) is 93.9 cm³/mol. The van der Waals surface area contributed by atoms with Crippen LogP contribution in [-0.2, 0) is 9.53 Å². The number of methoxy groups -OCH3 is 1. The molecule has 0 saturated heterocycles. The van der Waals surface area contributed by atoms with Crippen molar-refractivity contribution in [3.05, 3.63) is 47.7 Å². The first kappa shape index (κ1) is 18.3. The summed E-state index contributed by atoms with van der Waals surface area (Å²) in [5, 5.41) is 8.84. The van der Waals surface area contributed by atoms with E-state index in [1.54, 1.807) is 31.4 Å². The number of ether oxygens (including phenoxy) is 3. The first-order valence-electron chi connectivity index (χ1n) is 7.56. The number of hydrogen-bond acceptors (Lipinski definition) is 6. The van der Waals surface area contributed by atoms with Gasteiger partial charge in [-0.15, -0.1) is 0 Å². The van der Waals surface area contributed by atoms with Gasteiger partial charge in [0.1, 0.15) is 18.1 Å². The molecule has 25 heavy (non-hydrogen) atoms. The highest BCUT2D eigenvalue weighted by atomic mass is 16.5. The smallest absolute Gasteiger partial charge is 0.328 e. The van der Waals surface area contributed by atoms with Crippen LogP contribution in [0.3, 0.4) is 0 Å². The Hall–Kier alpha value is -3.06. The van der Waals surface area contributed by atoms with E-state index in [0.29, 0.717) is 41.8 Å². The van der Waals surface area contributed by atoms with Gasteiger partial charge in [-0.05, 0) is 31.2 Å². The summed E-state index contributed by atoms with van der Waals surface area (Å²) in [5.41, 5.74) is 7.58. The number of rotatable bonds is 8. The molecule has 7 nitrogen and oxygen atoms in total. The Morgan fingerprint density at radius 2 is 2.12 bits per heavy atom. The van der Waals surface area contributed by atoms with Crippen LogP contribution in [0.1, 0.15) is 11.1 Å². The molecule has 0 fully saturated rings. The maximum absolute atomic E-state index is 10.8. The maximum Gasteiger partial charge on any atom is 0.328 e. The number of carboxylic acids is 1. The van der Waals surface area contributed by atoms with E-state index in [2.05, 4.69) is 4.98 Å². The molecule has 1 heterocycles. The molecule has 2 aromatic rings. The molecule has 3 N–H and O–H groups in total. The molecule has 0 atom stereocenters. The fraction of sp³-hybridized carbons (Fsp3) is 0.222. The number of carbonyl (C=O) groups is 1. The number of nitrogen functional groups attached to an aromatic ring is 1. The van der Waals surface area contributed by atoms with Gasteiger partial charge in [0.25, 0.3) is 0 Å². The zero-order valence-corrected chi connectivity index (χ0v) is 14.1. The summed E-state index contributed by atoms with van der Waals surface area (Å²) < 4.78 is 16.4. The zero-order valence-electron chi connectivity index (χ0n) is 14.1. The summed E-state index contributed by atoms with van der Waals surface area (Å²) >= 11 is 0. The van der Waals surface area contributed by atoms with Gasteiger partial charge in [0.05, 0.1) is 18.5 Å². The predicted octanol–water partition coefficient (Wildman–Crippen LogP) is 2.89. The molecule has 1 aromatic carbocycles. The number of nitrogens with two attached hydrogens (primary N) is 1. The summed E-state index contributed by atoms with van der Waals surface area (Å²) in [5.74, 6) is 0.335. The van der Waals surface area contributed by atoms with Crippen molar-refractivity contribution in [3.63, 3.8) is 0 Å². The van der Waals surface area contributed by atoms with Crippen molar-refractivity contribution in [1.29, 1.82) is 0 Å². The Labute approximate surface area is 145 Å². The quantitative estimate of drug-likeness (QED) is 0.560. The van der Waals surface area contributed by atoms with Gasteiger partial charge >= 0.3 is 5.97 Å². The molecule has 0 aliphatic carbocycles. The fourth-order valence-electron chi connectivity index (χ4n) is 2.03. The van der Waals surface area contributed by atoms with Crippen LogP contribution in [0.5, 0.6) is 17.4 Å². The lowest BCUT2D eigenvalue weighted by Crippen LogP contribution is -2.04. The van der Waals surface area contributed by atoms with Crippen LogP contribution >= 0.6 is 0 Å². The monoisotopic (exact) mass is 344 g/mol. The van der Waals surface area contributed by atoms with E-state index in [-0.39, 0.29) is 0 Å². The van der Waals surface area contributed by atoms with Gasteiger partial charge in [0, 0.05) is 30.4 Å². The van der Waals surface area contributed by atoms with Crippen LogP contribution in [0, 0.1) is 6.92 Å². The average Bonchev–Trinajstić information content (AvgIpc) is 2.56. The summed E-state index contributed by atoms with van der Waals surface area (Å²) in [4.78, 5) is 14.9. The number of aromatic nitrogens is 1. The summed E-state index contributed by atoms with van der Waals surface area (Å²) in [6.07, 6.45) is 3.98. The lowest BCUT2D eigenvalue weighted by atomic mass is 10.1. The number of anilines is 1. The van der Waals surface area contributed by atoms with Crippen LogP contribution in [0.15, 0.2) is 36.5 Å². The summed E-state index contributed by atoms with van der Waals surface area (Å²) in [6, 6.07) is 6.86. The van der Waals surface area contributed by atoms with Crippen molar-refractivity contribution in [1.82, 2.24) is 4.98 Å². The van der Waals surface area contributed by atoms with Crippen LogP contribution in [0.2, 0.25) is 0 Å².